The second-order valence-corrected chi connectivity index (χ2v) is 6.19. The van der Waals surface area contributed by atoms with Gasteiger partial charge in [-0.15, -0.1) is 0 Å². The highest BCUT2D eigenvalue weighted by Gasteiger charge is 2.20. The molecule has 0 bridgehead atoms. The molecular formula is C16H28N2O2. The maximum absolute atomic E-state index is 9.93. The van der Waals surface area contributed by atoms with Gasteiger partial charge >= 0.3 is 0 Å². The van der Waals surface area contributed by atoms with Crippen molar-refractivity contribution in [2.24, 2.45) is 5.92 Å². The lowest BCUT2D eigenvalue weighted by atomic mass is 10.00. The molecule has 0 aliphatic heterocycles. The molecule has 0 heterocycles. The molecule has 4 nitrogen and oxygen atoms in total. The van der Waals surface area contributed by atoms with Gasteiger partial charge in [-0.2, -0.15) is 0 Å². The summed E-state index contributed by atoms with van der Waals surface area (Å²) in [6, 6.07) is 5.08. The van der Waals surface area contributed by atoms with E-state index in [2.05, 4.69) is 38.2 Å². The van der Waals surface area contributed by atoms with Crippen LogP contribution in [-0.2, 0) is 0 Å². The molecule has 20 heavy (non-hydrogen) atoms. The first-order valence-corrected chi connectivity index (χ1v) is 7.22. The van der Waals surface area contributed by atoms with Crippen molar-refractivity contribution in [3.63, 3.8) is 0 Å². The monoisotopic (exact) mass is 280 g/mol. The molecule has 0 radical (unpaired) electrons. The van der Waals surface area contributed by atoms with Crippen molar-refractivity contribution in [2.45, 2.75) is 39.3 Å². The fourth-order valence-corrected chi connectivity index (χ4v) is 2.63. The van der Waals surface area contributed by atoms with Gasteiger partial charge in [0.2, 0.25) is 0 Å². The van der Waals surface area contributed by atoms with Gasteiger partial charge in [0.15, 0.2) is 0 Å². The van der Waals surface area contributed by atoms with Crippen molar-refractivity contribution < 1.29 is 10.2 Å². The lowest BCUT2D eigenvalue weighted by Gasteiger charge is -2.28. The summed E-state index contributed by atoms with van der Waals surface area (Å²) in [5.41, 5.74) is 0.569. The molecule has 1 rings (SSSR count). The number of nitrogens with one attached hydrogen (secondary N) is 1. The number of rotatable bonds is 7. The number of benzene rings is 1. The smallest absolute Gasteiger partial charge is 0.124 e. The van der Waals surface area contributed by atoms with Crippen LogP contribution < -0.4 is 5.32 Å². The Labute approximate surface area is 122 Å². The fraction of sp³-hybridized carbons (Fsp3) is 0.625. The maximum atomic E-state index is 9.93. The van der Waals surface area contributed by atoms with Crippen LogP contribution in [0.4, 0.5) is 0 Å². The molecule has 2 atom stereocenters. The zero-order chi connectivity index (χ0) is 15.3. The van der Waals surface area contributed by atoms with Gasteiger partial charge in [-0.1, -0.05) is 19.9 Å². The lowest BCUT2D eigenvalue weighted by Crippen LogP contribution is -2.40. The number of nitrogens with zero attached hydrogens (tertiary/aromatic N) is 1. The standard InChI is InChI=1S/C16H28N2O2/c1-11(2)9-13(10-18(4)5)17-12(3)16-14(19)7-6-8-15(16)20/h6-8,11-13,17,19-20H,9-10H2,1-5H3. The highest BCUT2D eigenvalue weighted by Crippen LogP contribution is 2.32. The van der Waals surface area contributed by atoms with Crippen LogP contribution in [-0.4, -0.2) is 41.8 Å². The SMILES string of the molecule is CC(C)CC(CN(C)C)NC(C)c1c(O)cccc1O. The molecule has 0 aliphatic rings. The molecule has 0 spiro atoms. The van der Waals surface area contributed by atoms with Crippen molar-refractivity contribution in [2.75, 3.05) is 20.6 Å². The van der Waals surface area contributed by atoms with Crippen molar-refractivity contribution >= 4 is 0 Å². The molecule has 1 aromatic rings. The Morgan fingerprint density at radius 2 is 1.65 bits per heavy atom. The number of hydrogen-bond acceptors (Lipinski definition) is 4. The molecule has 2 unspecified atom stereocenters. The first kappa shape index (κ1) is 16.8. The molecule has 3 N–H and O–H groups in total. The molecular weight excluding hydrogens is 252 g/mol. The highest BCUT2D eigenvalue weighted by molar-refractivity contribution is 5.44. The van der Waals surface area contributed by atoms with Gasteiger partial charge in [-0.25, -0.2) is 0 Å². The van der Waals surface area contributed by atoms with E-state index in [1.807, 2.05) is 6.92 Å². The number of phenols is 2. The molecule has 114 valence electrons. The van der Waals surface area contributed by atoms with E-state index in [4.69, 9.17) is 0 Å². The summed E-state index contributed by atoms with van der Waals surface area (Å²) in [7, 11) is 4.11. The van der Waals surface area contributed by atoms with Crippen LogP contribution in [0.1, 0.15) is 38.8 Å². The van der Waals surface area contributed by atoms with Gasteiger partial charge in [0.25, 0.3) is 0 Å². The largest absolute Gasteiger partial charge is 0.507 e. The molecule has 0 aliphatic carbocycles. The number of likely N-dealkylation sites (N-methyl/N-ethyl adjacent to an activating group) is 1. The van der Waals surface area contributed by atoms with Crippen LogP contribution in [0.5, 0.6) is 11.5 Å². The van der Waals surface area contributed by atoms with Crippen LogP contribution in [0.25, 0.3) is 0 Å². The van der Waals surface area contributed by atoms with Crippen LogP contribution >= 0.6 is 0 Å². The van der Waals surface area contributed by atoms with E-state index in [0.29, 0.717) is 17.5 Å². The van der Waals surface area contributed by atoms with Crippen LogP contribution in [0.2, 0.25) is 0 Å². The zero-order valence-corrected chi connectivity index (χ0v) is 13.2. The van der Waals surface area contributed by atoms with Crippen molar-refractivity contribution in [1.29, 1.82) is 0 Å². The summed E-state index contributed by atoms with van der Waals surface area (Å²) in [6.07, 6.45) is 1.05. The van der Waals surface area contributed by atoms with E-state index in [1.165, 1.54) is 0 Å². The van der Waals surface area contributed by atoms with E-state index in [9.17, 15) is 10.2 Å². The van der Waals surface area contributed by atoms with Gasteiger partial charge in [-0.3, -0.25) is 0 Å². The molecule has 1 aromatic carbocycles. The minimum absolute atomic E-state index is 0.0973. The summed E-state index contributed by atoms with van der Waals surface area (Å²) < 4.78 is 0. The van der Waals surface area contributed by atoms with Gasteiger partial charge in [-0.05, 0) is 45.5 Å². The third-order valence-corrected chi connectivity index (χ3v) is 3.32. The quantitative estimate of drug-likeness (QED) is 0.719. The molecule has 0 saturated carbocycles. The Kier molecular flexibility index (Phi) is 6.30. The highest BCUT2D eigenvalue weighted by atomic mass is 16.3. The second-order valence-electron chi connectivity index (χ2n) is 6.19. The molecule has 0 fully saturated rings. The van der Waals surface area contributed by atoms with Crippen LogP contribution in [0.3, 0.4) is 0 Å². The third-order valence-electron chi connectivity index (χ3n) is 3.32. The Balaban J connectivity index is 2.81. The van der Waals surface area contributed by atoms with Gasteiger partial charge in [0, 0.05) is 18.6 Å². The Morgan fingerprint density at radius 1 is 1.10 bits per heavy atom. The van der Waals surface area contributed by atoms with Crippen molar-refractivity contribution in [1.82, 2.24) is 10.2 Å². The minimum Gasteiger partial charge on any atom is -0.507 e. The van der Waals surface area contributed by atoms with E-state index in [0.717, 1.165) is 13.0 Å². The van der Waals surface area contributed by atoms with Gasteiger partial charge in [0.1, 0.15) is 11.5 Å². The summed E-state index contributed by atoms with van der Waals surface area (Å²) in [5, 5.41) is 23.4. The van der Waals surface area contributed by atoms with Gasteiger partial charge in [0.05, 0.1) is 5.56 Å². The number of phenolic OH excluding ortho intramolecular Hbond substituents is 2. The van der Waals surface area contributed by atoms with Gasteiger partial charge < -0.3 is 20.4 Å². The average Bonchev–Trinajstić information content (AvgIpc) is 2.26. The Hall–Kier alpha value is -1.26. The van der Waals surface area contributed by atoms with E-state index >= 15 is 0 Å². The topological polar surface area (TPSA) is 55.7 Å². The van der Waals surface area contributed by atoms with Crippen molar-refractivity contribution in [3.05, 3.63) is 23.8 Å². The van der Waals surface area contributed by atoms with E-state index in [-0.39, 0.29) is 17.5 Å². The number of hydrogen-bond donors (Lipinski definition) is 3. The number of aromatic hydroxyl groups is 2. The zero-order valence-electron chi connectivity index (χ0n) is 13.2. The van der Waals surface area contributed by atoms with Crippen molar-refractivity contribution in [3.8, 4) is 11.5 Å². The summed E-state index contributed by atoms with van der Waals surface area (Å²) in [5.74, 6) is 0.869. The van der Waals surface area contributed by atoms with E-state index in [1.54, 1.807) is 18.2 Å². The minimum atomic E-state index is -0.0973. The Morgan fingerprint density at radius 3 is 2.10 bits per heavy atom. The van der Waals surface area contributed by atoms with Crippen LogP contribution in [0, 0.1) is 5.92 Å². The summed E-state index contributed by atoms with van der Waals surface area (Å²) >= 11 is 0. The fourth-order valence-electron chi connectivity index (χ4n) is 2.63. The van der Waals surface area contributed by atoms with E-state index < -0.39 is 0 Å². The van der Waals surface area contributed by atoms with Crippen LogP contribution in [0.15, 0.2) is 18.2 Å². The molecule has 0 saturated heterocycles. The molecule has 0 aromatic heterocycles. The Bertz CT molecular complexity index is 389. The predicted molar refractivity (Wildman–Crippen MR) is 83.1 cm³/mol. The maximum Gasteiger partial charge on any atom is 0.124 e. The summed E-state index contributed by atoms with van der Waals surface area (Å²) in [4.78, 5) is 2.15. The first-order chi connectivity index (χ1) is 9.31. The first-order valence-electron chi connectivity index (χ1n) is 7.22. The lowest BCUT2D eigenvalue weighted by molar-refractivity contribution is 0.287. The molecule has 0 amide bonds. The third kappa shape index (κ3) is 5.02. The summed E-state index contributed by atoms with van der Waals surface area (Å²) in [6.45, 7) is 7.30. The average molecular weight is 280 g/mol. The predicted octanol–water partition coefficient (Wildman–Crippen LogP) is 2.72. The second kappa shape index (κ2) is 7.50. The molecule has 4 heteroatoms. The normalized spacial score (nSPS) is 14.8.